The number of nitrogen functional groups attached to an aromatic ring is 1. The van der Waals surface area contributed by atoms with Gasteiger partial charge in [0.2, 0.25) is 5.62 Å². The molecule has 1 heterocycles. The Morgan fingerprint density at radius 2 is 2.36 bits per heavy atom. The highest BCUT2D eigenvalue weighted by Gasteiger charge is 1.96. The molecule has 0 bridgehead atoms. The number of hydrogen-bond donors (Lipinski definition) is 1. The number of hydrogen-bond acceptors (Lipinski definition) is 3. The lowest BCUT2D eigenvalue weighted by molar-refractivity contribution is 0.779. The highest BCUT2D eigenvalue weighted by atomic mass is 35.5. The van der Waals surface area contributed by atoms with E-state index in [9.17, 15) is 0 Å². The van der Waals surface area contributed by atoms with E-state index in [0.29, 0.717) is 16.6 Å². The Kier molecular flexibility index (Phi) is 2.14. The minimum atomic E-state index is 0.383. The highest BCUT2D eigenvalue weighted by Crippen LogP contribution is 2.05. The van der Waals surface area contributed by atoms with Crippen molar-refractivity contribution in [2.24, 2.45) is 12.0 Å². The molecule has 5 heteroatoms. The van der Waals surface area contributed by atoms with E-state index in [2.05, 4.69) is 9.98 Å². The van der Waals surface area contributed by atoms with Gasteiger partial charge in [0, 0.05) is 20.2 Å². The number of nitrogens with zero attached hydrogens (tertiary/aromatic N) is 3. The van der Waals surface area contributed by atoms with Crippen LogP contribution in [0.1, 0.15) is 0 Å². The third kappa shape index (κ3) is 1.51. The maximum atomic E-state index is 5.78. The van der Waals surface area contributed by atoms with E-state index < -0.39 is 0 Å². The van der Waals surface area contributed by atoms with E-state index in [0.717, 1.165) is 0 Å². The molecule has 0 atom stereocenters. The molecule has 0 amide bonds. The molecular formula is C6H9ClN4. The number of anilines is 1. The summed E-state index contributed by atoms with van der Waals surface area (Å²) in [7, 11) is 3.41. The van der Waals surface area contributed by atoms with Crippen molar-refractivity contribution in [3.05, 3.63) is 16.8 Å². The molecule has 0 unspecified atom stereocenters. The molecule has 0 aliphatic rings. The van der Waals surface area contributed by atoms with E-state index in [1.165, 1.54) is 0 Å². The van der Waals surface area contributed by atoms with Crippen molar-refractivity contribution >= 4 is 17.4 Å². The summed E-state index contributed by atoms with van der Waals surface area (Å²) in [6, 6.07) is 1.58. The Morgan fingerprint density at radius 1 is 1.73 bits per heavy atom. The quantitative estimate of drug-likeness (QED) is 0.568. The van der Waals surface area contributed by atoms with E-state index in [4.69, 9.17) is 17.3 Å². The highest BCUT2D eigenvalue weighted by molar-refractivity contribution is 6.29. The maximum Gasteiger partial charge on any atom is 0.227 e. The van der Waals surface area contributed by atoms with Crippen molar-refractivity contribution in [1.29, 1.82) is 0 Å². The number of rotatable bonds is 0. The molecule has 60 valence electrons. The largest absolute Gasteiger partial charge is 0.383 e. The molecule has 1 aromatic heterocycles. The predicted octanol–water partition coefficient (Wildman–Crippen LogP) is 0.186. The summed E-state index contributed by atoms with van der Waals surface area (Å²) < 4.78 is 1.65. The Labute approximate surface area is 69.3 Å². The van der Waals surface area contributed by atoms with Crippen molar-refractivity contribution in [2.45, 2.75) is 0 Å². The van der Waals surface area contributed by atoms with Gasteiger partial charge in [-0.2, -0.15) is 4.98 Å². The minimum absolute atomic E-state index is 0.383. The second-order valence-corrected chi connectivity index (χ2v) is 2.47. The van der Waals surface area contributed by atoms with E-state index >= 15 is 0 Å². The molecule has 0 spiro atoms. The van der Waals surface area contributed by atoms with Crippen LogP contribution in [0, 0.1) is 0 Å². The van der Waals surface area contributed by atoms with Crippen molar-refractivity contribution in [3.63, 3.8) is 0 Å². The molecule has 0 saturated heterocycles. The Balaban J connectivity index is 3.50. The molecule has 0 radical (unpaired) electrons. The third-order valence-corrected chi connectivity index (χ3v) is 1.68. The first-order valence-corrected chi connectivity index (χ1v) is 3.45. The fourth-order valence-corrected chi connectivity index (χ4v) is 0.925. The lowest BCUT2D eigenvalue weighted by Gasteiger charge is -2.01. The summed E-state index contributed by atoms with van der Waals surface area (Å²) in [5, 5.41) is 0.526. The Bertz CT molecular complexity index is 328. The zero-order valence-electron chi connectivity index (χ0n) is 6.37. The summed E-state index contributed by atoms with van der Waals surface area (Å²) in [5.74, 6) is 0.383. The second-order valence-electron chi connectivity index (χ2n) is 2.09. The van der Waals surface area contributed by atoms with Gasteiger partial charge >= 0.3 is 0 Å². The summed E-state index contributed by atoms with van der Waals surface area (Å²) in [6.45, 7) is 0. The van der Waals surface area contributed by atoms with Gasteiger partial charge in [-0.15, -0.1) is 0 Å². The first kappa shape index (κ1) is 8.07. The van der Waals surface area contributed by atoms with Crippen LogP contribution in [-0.4, -0.2) is 16.6 Å². The summed E-state index contributed by atoms with van der Waals surface area (Å²) in [6.07, 6.45) is 0. The molecule has 4 nitrogen and oxygen atoms in total. The lowest BCUT2D eigenvalue weighted by Crippen LogP contribution is -2.23. The van der Waals surface area contributed by atoms with Crippen molar-refractivity contribution < 1.29 is 0 Å². The molecule has 11 heavy (non-hydrogen) atoms. The van der Waals surface area contributed by atoms with Crippen LogP contribution in [-0.2, 0) is 7.05 Å². The van der Waals surface area contributed by atoms with Crippen molar-refractivity contribution in [2.75, 3.05) is 12.8 Å². The summed E-state index contributed by atoms with van der Waals surface area (Å²) in [5.41, 5.74) is 5.96. The first-order chi connectivity index (χ1) is 5.15. The molecule has 1 aromatic rings. The van der Waals surface area contributed by atoms with Gasteiger partial charge in [0.05, 0.1) is 0 Å². The van der Waals surface area contributed by atoms with Crippen LogP contribution in [0.25, 0.3) is 0 Å². The predicted molar refractivity (Wildman–Crippen MR) is 44.1 cm³/mol. The Hall–Kier alpha value is -1.03. The van der Waals surface area contributed by atoms with Gasteiger partial charge in [0.1, 0.15) is 11.0 Å². The van der Waals surface area contributed by atoms with E-state index in [1.807, 2.05) is 0 Å². The molecule has 0 aliphatic heterocycles. The monoisotopic (exact) mass is 172 g/mol. The molecule has 0 fully saturated rings. The van der Waals surface area contributed by atoms with Gasteiger partial charge < -0.3 is 10.3 Å². The van der Waals surface area contributed by atoms with Gasteiger partial charge in [-0.3, -0.25) is 4.99 Å². The zero-order chi connectivity index (χ0) is 8.43. The fourth-order valence-electron chi connectivity index (χ4n) is 0.737. The number of halogens is 1. The van der Waals surface area contributed by atoms with Crippen LogP contribution < -0.4 is 11.4 Å². The average Bonchev–Trinajstić information content (AvgIpc) is 1.96. The van der Waals surface area contributed by atoms with E-state index in [-0.39, 0.29) is 0 Å². The summed E-state index contributed by atoms with van der Waals surface area (Å²) in [4.78, 5) is 7.82. The Morgan fingerprint density at radius 3 is 2.91 bits per heavy atom. The molecule has 1 rings (SSSR count). The van der Waals surface area contributed by atoms with Gasteiger partial charge in [-0.1, -0.05) is 11.6 Å². The van der Waals surface area contributed by atoms with Gasteiger partial charge in [0.15, 0.2) is 0 Å². The summed E-state index contributed by atoms with van der Waals surface area (Å²) >= 11 is 5.78. The smallest absolute Gasteiger partial charge is 0.227 e. The average molecular weight is 173 g/mol. The van der Waals surface area contributed by atoms with Crippen molar-refractivity contribution in [1.82, 2.24) is 9.55 Å². The van der Waals surface area contributed by atoms with Crippen LogP contribution in [0.4, 0.5) is 5.82 Å². The van der Waals surface area contributed by atoms with Crippen molar-refractivity contribution in [3.8, 4) is 0 Å². The van der Waals surface area contributed by atoms with E-state index in [1.54, 1.807) is 24.7 Å². The minimum Gasteiger partial charge on any atom is -0.383 e. The molecule has 2 N–H and O–H groups in total. The zero-order valence-corrected chi connectivity index (χ0v) is 7.13. The SMILES string of the molecule is CN=c1nc(N)cc(Cl)n1C. The van der Waals surface area contributed by atoms with Crippen LogP contribution in [0.2, 0.25) is 5.15 Å². The maximum absolute atomic E-state index is 5.78. The van der Waals surface area contributed by atoms with Crippen LogP contribution in [0.3, 0.4) is 0 Å². The van der Waals surface area contributed by atoms with Gasteiger partial charge in [-0.25, -0.2) is 0 Å². The van der Waals surface area contributed by atoms with Gasteiger partial charge in [0.25, 0.3) is 0 Å². The molecular weight excluding hydrogens is 164 g/mol. The number of nitrogens with two attached hydrogens (primary N) is 1. The first-order valence-electron chi connectivity index (χ1n) is 3.07. The molecule has 0 aliphatic carbocycles. The number of aromatic nitrogens is 2. The topological polar surface area (TPSA) is 56.2 Å². The lowest BCUT2D eigenvalue weighted by atomic mass is 10.6. The normalized spacial score (nSPS) is 12.1. The van der Waals surface area contributed by atoms with Crippen LogP contribution >= 0.6 is 11.6 Å². The van der Waals surface area contributed by atoms with Crippen LogP contribution in [0.5, 0.6) is 0 Å². The second kappa shape index (κ2) is 2.92. The standard InChI is InChI=1S/C6H9ClN4/c1-9-6-10-5(8)3-4(7)11(6)2/h3H,1-2H3,(H2,8,9,10). The van der Waals surface area contributed by atoms with Crippen LogP contribution in [0.15, 0.2) is 11.1 Å². The molecule has 0 aromatic carbocycles. The third-order valence-electron chi connectivity index (χ3n) is 1.32. The molecule has 0 saturated carbocycles. The van der Waals surface area contributed by atoms with Gasteiger partial charge in [-0.05, 0) is 0 Å². The fraction of sp³-hybridized carbons (Fsp3) is 0.333.